The molecule has 0 spiro atoms. The van der Waals surface area contributed by atoms with E-state index in [0.29, 0.717) is 28.1 Å². The van der Waals surface area contributed by atoms with Crippen LogP contribution in [0.3, 0.4) is 0 Å². The highest BCUT2D eigenvalue weighted by molar-refractivity contribution is 9.10. The number of benzene rings is 3. The predicted octanol–water partition coefficient (Wildman–Crippen LogP) is 6.69. The van der Waals surface area contributed by atoms with Crippen molar-refractivity contribution in [1.29, 1.82) is 0 Å². The van der Waals surface area contributed by atoms with E-state index in [1.54, 1.807) is 39.5 Å². The van der Waals surface area contributed by atoms with Crippen LogP contribution in [0.25, 0.3) is 0 Å². The third-order valence-corrected chi connectivity index (χ3v) is 6.38. The monoisotopic (exact) mass is 553 g/mol. The minimum Gasteiger partial charge on any atom is -0.493 e. The van der Waals surface area contributed by atoms with Crippen LogP contribution >= 0.6 is 39.1 Å². The quantitative estimate of drug-likeness (QED) is 0.267. The first-order chi connectivity index (χ1) is 16.0. The molecule has 5 nitrogen and oxygen atoms in total. The zero-order valence-electron chi connectivity index (χ0n) is 18.7. The highest BCUT2D eigenvalue weighted by atomic mass is 79.9. The summed E-state index contributed by atoms with van der Waals surface area (Å²) in [5.74, 6) is 2.69. The molecule has 0 amide bonds. The van der Waals surface area contributed by atoms with Crippen LogP contribution in [0, 0.1) is 0 Å². The zero-order valence-corrected chi connectivity index (χ0v) is 21.8. The molecule has 0 bridgehead atoms. The fraction of sp³-hybridized carbons (Fsp3) is 0.280. The van der Waals surface area contributed by atoms with Gasteiger partial charge in [0.2, 0.25) is 0 Å². The van der Waals surface area contributed by atoms with Gasteiger partial charge in [0.05, 0.1) is 25.8 Å². The van der Waals surface area contributed by atoms with E-state index in [0.717, 1.165) is 40.1 Å². The summed E-state index contributed by atoms with van der Waals surface area (Å²) in [4.78, 5) is 0. The Balaban J connectivity index is 1.60. The van der Waals surface area contributed by atoms with E-state index in [-0.39, 0.29) is 6.61 Å². The Hall–Kier alpha value is -2.12. The molecule has 0 radical (unpaired) electrons. The molecule has 0 heterocycles. The summed E-state index contributed by atoms with van der Waals surface area (Å²) < 4.78 is 23.0. The Labute approximate surface area is 213 Å². The highest BCUT2D eigenvalue weighted by Crippen LogP contribution is 2.38. The number of hydrogen-bond donors (Lipinski definition) is 1. The molecule has 0 unspecified atom stereocenters. The predicted molar refractivity (Wildman–Crippen MR) is 136 cm³/mol. The lowest BCUT2D eigenvalue weighted by atomic mass is 10.1. The van der Waals surface area contributed by atoms with Crippen molar-refractivity contribution in [2.24, 2.45) is 0 Å². The van der Waals surface area contributed by atoms with Crippen LogP contribution in [0.4, 0.5) is 0 Å². The maximum Gasteiger partial charge on any atom is 0.175 e. The number of nitrogens with one attached hydrogen (secondary N) is 1. The minimum atomic E-state index is 0.233. The molecule has 3 rings (SSSR count). The van der Waals surface area contributed by atoms with Gasteiger partial charge >= 0.3 is 0 Å². The van der Waals surface area contributed by atoms with Gasteiger partial charge in [-0.05, 0) is 76.4 Å². The second-order valence-electron chi connectivity index (χ2n) is 7.21. The Kier molecular flexibility index (Phi) is 9.56. The summed E-state index contributed by atoms with van der Waals surface area (Å²) in [6.07, 6.45) is 0.860. The third-order valence-electron chi connectivity index (χ3n) is 5.08. The number of ether oxygens (including phenoxy) is 4. The van der Waals surface area contributed by atoms with Crippen LogP contribution in [0.2, 0.25) is 10.0 Å². The topological polar surface area (TPSA) is 49.0 Å². The summed E-state index contributed by atoms with van der Waals surface area (Å²) in [6, 6.07) is 15.3. The number of rotatable bonds is 11. The Morgan fingerprint density at radius 3 is 2.15 bits per heavy atom. The first kappa shape index (κ1) is 25.5. The van der Waals surface area contributed by atoms with Gasteiger partial charge in [0, 0.05) is 22.2 Å². The molecule has 33 heavy (non-hydrogen) atoms. The second-order valence-corrected chi connectivity index (χ2v) is 8.88. The van der Waals surface area contributed by atoms with Gasteiger partial charge in [-0.25, -0.2) is 0 Å². The van der Waals surface area contributed by atoms with Crippen molar-refractivity contribution in [1.82, 2.24) is 5.32 Å². The van der Waals surface area contributed by atoms with Crippen molar-refractivity contribution in [2.75, 3.05) is 27.9 Å². The SMILES string of the molecule is COc1ccc(CCNCc2cc(Br)c(OCc3c(Cl)cccc3Cl)c(OC)c2)cc1OC. The number of halogens is 3. The molecular formula is C25H26BrCl2NO4. The molecule has 3 aromatic rings. The first-order valence-electron chi connectivity index (χ1n) is 10.3. The van der Waals surface area contributed by atoms with Gasteiger partial charge in [0.15, 0.2) is 23.0 Å². The summed E-state index contributed by atoms with van der Waals surface area (Å²) in [5, 5.41) is 4.59. The van der Waals surface area contributed by atoms with E-state index < -0.39 is 0 Å². The van der Waals surface area contributed by atoms with Crippen LogP contribution in [0.15, 0.2) is 53.0 Å². The molecule has 8 heteroatoms. The molecule has 0 saturated heterocycles. The normalized spacial score (nSPS) is 10.7. The van der Waals surface area contributed by atoms with Crippen molar-refractivity contribution in [3.05, 3.63) is 79.7 Å². The highest BCUT2D eigenvalue weighted by Gasteiger charge is 2.14. The first-order valence-corrected chi connectivity index (χ1v) is 11.9. The van der Waals surface area contributed by atoms with Crippen LogP contribution in [-0.4, -0.2) is 27.9 Å². The van der Waals surface area contributed by atoms with E-state index >= 15 is 0 Å². The lowest BCUT2D eigenvalue weighted by Crippen LogP contribution is -2.17. The van der Waals surface area contributed by atoms with Gasteiger partial charge < -0.3 is 24.3 Å². The van der Waals surface area contributed by atoms with Crippen LogP contribution in [0.5, 0.6) is 23.0 Å². The van der Waals surface area contributed by atoms with Crippen molar-refractivity contribution >= 4 is 39.1 Å². The molecule has 176 valence electrons. The van der Waals surface area contributed by atoms with Crippen LogP contribution < -0.4 is 24.3 Å². The van der Waals surface area contributed by atoms with Crippen LogP contribution in [-0.2, 0) is 19.6 Å². The third kappa shape index (κ3) is 6.70. The zero-order chi connectivity index (χ0) is 23.8. The average Bonchev–Trinajstić information content (AvgIpc) is 2.82. The van der Waals surface area contributed by atoms with Gasteiger partial charge in [0.25, 0.3) is 0 Å². The molecule has 0 aromatic heterocycles. The van der Waals surface area contributed by atoms with Gasteiger partial charge in [-0.15, -0.1) is 0 Å². The molecule has 0 aliphatic carbocycles. The van der Waals surface area contributed by atoms with Gasteiger partial charge in [-0.3, -0.25) is 0 Å². The van der Waals surface area contributed by atoms with E-state index in [1.165, 1.54) is 5.56 Å². The summed E-state index contributed by atoms with van der Waals surface area (Å²) in [5.41, 5.74) is 2.96. The summed E-state index contributed by atoms with van der Waals surface area (Å²) in [6.45, 7) is 1.72. The maximum atomic E-state index is 6.25. The lowest BCUT2D eigenvalue weighted by Gasteiger charge is -2.16. The lowest BCUT2D eigenvalue weighted by molar-refractivity contribution is 0.282. The van der Waals surface area contributed by atoms with E-state index in [2.05, 4.69) is 21.2 Å². The number of hydrogen-bond acceptors (Lipinski definition) is 5. The Bertz CT molecular complexity index is 1070. The fourth-order valence-electron chi connectivity index (χ4n) is 3.33. The Morgan fingerprint density at radius 2 is 1.48 bits per heavy atom. The summed E-state index contributed by atoms with van der Waals surface area (Å²) >= 11 is 16.1. The summed E-state index contributed by atoms with van der Waals surface area (Å²) in [7, 11) is 4.89. The second kappa shape index (κ2) is 12.4. The molecule has 0 fully saturated rings. The molecule has 1 N–H and O–H groups in total. The van der Waals surface area contributed by atoms with Gasteiger partial charge in [-0.2, -0.15) is 0 Å². The molecule has 0 atom stereocenters. The molecule has 0 aliphatic rings. The van der Waals surface area contributed by atoms with Gasteiger partial charge in [-0.1, -0.05) is 35.3 Å². The van der Waals surface area contributed by atoms with Crippen molar-refractivity contribution < 1.29 is 18.9 Å². The maximum absolute atomic E-state index is 6.25. The van der Waals surface area contributed by atoms with Crippen molar-refractivity contribution in [3.63, 3.8) is 0 Å². The molecule has 3 aromatic carbocycles. The molecule has 0 saturated carbocycles. The van der Waals surface area contributed by atoms with Crippen molar-refractivity contribution in [3.8, 4) is 23.0 Å². The fourth-order valence-corrected chi connectivity index (χ4v) is 4.44. The van der Waals surface area contributed by atoms with E-state index in [1.807, 2.05) is 30.3 Å². The smallest absolute Gasteiger partial charge is 0.175 e. The standard InChI is InChI=1S/C25H26BrCl2NO4/c1-30-22-8-7-16(12-23(22)31-2)9-10-29-14-17-11-19(26)25(24(13-17)32-3)33-15-18-20(27)5-4-6-21(18)28/h4-8,11-13,29H,9-10,14-15H2,1-3H3. The Morgan fingerprint density at radius 1 is 0.818 bits per heavy atom. The van der Waals surface area contributed by atoms with Crippen LogP contribution in [0.1, 0.15) is 16.7 Å². The van der Waals surface area contributed by atoms with E-state index in [9.17, 15) is 0 Å². The number of methoxy groups -OCH3 is 3. The minimum absolute atomic E-state index is 0.233. The van der Waals surface area contributed by atoms with Gasteiger partial charge in [0.1, 0.15) is 6.61 Å². The largest absolute Gasteiger partial charge is 0.493 e. The molecule has 0 aliphatic heterocycles. The molecular weight excluding hydrogens is 529 g/mol. The van der Waals surface area contributed by atoms with E-state index in [4.69, 9.17) is 42.1 Å². The van der Waals surface area contributed by atoms with Crippen molar-refractivity contribution in [2.45, 2.75) is 19.6 Å². The average molecular weight is 555 g/mol.